The summed E-state index contributed by atoms with van der Waals surface area (Å²) >= 11 is 5.79. The molecule has 0 aliphatic carbocycles. The minimum atomic E-state index is -1.73. The van der Waals surface area contributed by atoms with E-state index in [1.165, 1.54) is 11.0 Å². The quantitative estimate of drug-likeness (QED) is 0.765. The van der Waals surface area contributed by atoms with Crippen molar-refractivity contribution in [1.82, 2.24) is 9.88 Å². The fourth-order valence-corrected chi connectivity index (χ4v) is 2.96. The molecule has 1 unspecified atom stereocenters. The topological polar surface area (TPSA) is 96.5 Å². The number of likely N-dealkylation sites (N-methyl/N-ethyl adjacent to an activating group) is 1. The number of benzene rings is 1. The molecule has 0 spiro atoms. The van der Waals surface area contributed by atoms with Gasteiger partial charge in [-0.1, -0.05) is 35.6 Å². The molecule has 3 rings (SSSR count). The predicted octanol–water partition coefficient (Wildman–Crippen LogP) is 1.58. The van der Waals surface area contributed by atoms with Crippen LogP contribution < -0.4 is 5.73 Å². The Labute approximate surface area is 159 Å². The van der Waals surface area contributed by atoms with Gasteiger partial charge in [-0.2, -0.15) is 0 Å². The first-order valence-corrected chi connectivity index (χ1v) is 8.36. The maximum atomic E-state index is 14.3. The smallest absolute Gasteiger partial charge is 0.268 e. The molecule has 1 aromatic heterocycles. The first-order valence-electron chi connectivity index (χ1n) is 7.99. The molecule has 0 bridgehead atoms. The van der Waals surface area contributed by atoms with Crippen LogP contribution in [0, 0.1) is 17.7 Å². The van der Waals surface area contributed by atoms with Gasteiger partial charge >= 0.3 is 0 Å². The van der Waals surface area contributed by atoms with Crippen molar-refractivity contribution < 1.29 is 19.1 Å². The average Bonchev–Trinajstić information content (AvgIpc) is 2.88. The molecule has 27 heavy (non-hydrogen) atoms. The Hall–Kier alpha value is -2.95. The van der Waals surface area contributed by atoms with Crippen LogP contribution in [0.4, 0.5) is 4.39 Å². The van der Waals surface area contributed by atoms with Gasteiger partial charge in [0.2, 0.25) is 5.60 Å². The number of nitrogens with zero attached hydrogens (tertiary/aromatic N) is 2. The lowest BCUT2D eigenvalue weighted by molar-refractivity contribution is -0.137. The van der Waals surface area contributed by atoms with Crippen LogP contribution in [-0.4, -0.2) is 46.0 Å². The lowest BCUT2D eigenvalue weighted by Crippen LogP contribution is -2.37. The number of pyridine rings is 1. The number of hydrogen-bond acceptors (Lipinski definition) is 4. The first-order chi connectivity index (χ1) is 12.7. The van der Waals surface area contributed by atoms with Crippen LogP contribution in [0.1, 0.15) is 22.5 Å². The summed E-state index contributed by atoms with van der Waals surface area (Å²) in [7, 11) is 1.59. The summed E-state index contributed by atoms with van der Waals surface area (Å²) in [5.41, 5.74) is 3.93. The van der Waals surface area contributed by atoms with Crippen molar-refractivity contribution in [2.75, 3.05) is 13.6 Å². The van der Waals surface area contributed by atoms with Crippen molar-refractivity contribution in [2.24, 2.45) is 5.73 Å². The van der Waals surface area contributed by atoms with Gasteiger partial charge in [-0.15, -0.1) is 0 Å². The number of rotatable bonds is 2. The molecule has 2 aromatic rings. The van der Waals surface area contributed by atoms with Crippen molar-refractivity contribution in [3.05, 3.63) is 52.4 Å². The third-order valence-electron chi connectivity index (χ3n) is 4.22. The molecule has 6 nitrogen and oxygen atoms in total. The summed E-state index contributed by atoms with van der Waals surface area (Å²) in [5, 5.41) is 10.2. The third-order valence-corrected chi connectivity index (χ3v) is 4.51. The summed E-state index contributed by atoms with van der Waals surface area (Å²) in [6, 6.07) is 7.34. The molecular formula is C19H15ClFN3O3. The van der Waals surface area contributed by atoms with E-state index in [0.717, 1.165) is 6.07 Å². The van der Waals surface area contributed by atoms with Crippen LogP contribution in [0.3, 0.4) is 0 Å². The largest absolute Gasteiger partial charge is 0.369 e. The molecule has 1 saturated heterocycles. The van der Waals surface area contributed by atoms with E-state index < -0.39 is 23.2 Å². The number of primary amides is 1. The van der Waals surface area contributed by atoms with E-state index in [9.17, 15) is 19.1 Å². The SMILES string of the molecule is CN1CCC(O)(C#Cc2cccc(-c3nc(C(N)=O)c(Cl)cc3F)c2)C1=O. The maximum Gasteiger partial charge on any atom is 0.268 e. The molecule has 1 aliphatic rings. The molecule has 1 aromatic carbocycles. The number of likely N-dealkylation sites (tertiary alicyclic amines) is 1. The zero-order valence-electron chi connectivity index (χ0n) is 14.3. The molecule has 1 aliphatic heterocycles. The van der Waals surface area contributed by atoms with Crippen molar-refractivity contribution in [1.29, 1.82) is 0 Å². The van der Waals surface area contributed by atoms with Gasteiger partial charge in [0.05, 0.1) is 5.02 Å². The zero-order valence-corrected chi connectivity index (χ0v) is 15.0. The van der Waals surface area contributed by atoms with E-state index >= 15 is 0 Å². The van der Waals surface area contributed by atoms with Gasteiger partial charge in [0.15, 0.2) is 5.82 Å². The van der Waals surface area contributed by atoms with Gasteiger partial charge in [-0.05, 0) is 18.2 Å². The van der Waals surface area contributed by atoms with E-state index in [2.05, 4.69) is 16.8 Å². The van der Waals surface area contributed by atoms with E-state index in [4.69, 9.17) is 17.3 Å². The highest BCUT2D eigenvalue weighted by Gasteiger charge is 2.42. The minimum Gasteiger partial charge on any atom is -0.369 e. The third kappa shape index (κ3) is 3.63. The predicted molar refractivity (Wildman–Crippen MR) is 97.2 cm³/mol. The Morgan fingerprint density at radius 1 is 1.44 bits per heavy atom. The van der Waals surface area contributed by atoms with E-state index in [-0.39, 0.29) is 22.8 Å². The second-order valence-corrected chi connectivity index (χ2v) is 6.59. The molecule has 2 amide bonds. The van der Waals surface area contributed by atoms with Gasteiger partial charge < -0.3 is 15.7 Å². The standard InChI is InChI=1S/C19H15ClFN3O3/c1-24-8-7-19(27,18(24)26)6-5-11-3-2-4-12(9-11)15-14(21)10-13(20)16(23-15)17(22)25/h2-4,9-10,27H,7-8H2,1H3,(H2,22,25). The van der Waals surface area contributed by atoms with Crippen LogP contribution in [0.5, 0.6) is 0 Å². The summed E-state index contributed by atoms with van der Waals surface area (Å²) in [4.78, 5) is 28.7. The molecule has 0 radical (unpaired) electrons. The average molecular weight is 388 g/mol. The molecule has 0 saturated carbocycles. The number of hydrogen-bond donors (Lipinski definition) is 2. The van der Waals surface area contributed by atoms with Crippen molar-refractivity contribution in [3.63, 3.8) is 0 Å². The van der Waals surface area contributed by atoms with E-state index in [1.807, 2.05) is 0 Å². The Bertz CT molecular complexity index is 1010. The number of carbonyl (C=O) groups is 2. The highest BCUT2D eigenvalue weighted by molar-refractivity contribution is 6.33. The molecule has 1 fully saturated rings. The van der Waals surface area contributed by atoms with E-state index in [0.29, 0.717) is 17.7 Å². The fraction of sp³-hybridized carbons (Fsp3) is 0.211. The van der Waals surface area contributed by atoms with Gasteiger partial charge in [0.1, 0.15) is 11.4 Å². The molecule has 8 heteroatoms. The van der Waals surface area contributed by atoms with E-state index in [1.54, 1.807) is 25.2 Å². The van der Waals surface area contributed by atoms with Gasteiger partial charge in [0, 0.05) is 31.1 Å². The maximum absolute atomic E-state index is 14.3. The normalized spacial score (nSPS) is 19.0. The number of amides is 2. The number of halogens is 2. The lowest BCUT2D eigenvalue weighted by Gasteiger charge is -2.13. The van der Waals surface area contributed by atoms with Crippen molar-refractivity contribution in [2.45, 2.75) is 12.0 Å². The molecule has 138 valence electrons. The van der Waals surface area contributed by atoms with Crippen LogP contribution in [0.25, 0.3) is 11.3 Å². The van der Waals surface area contributed by atoms with Crippen molar-refractivity contribution >= 4 is 23.4 Å². The van der Waals surface area contributed by atoms with Gasteiger partial charge in [-0.25, -0.2) is 9.37 Å². The van der Waals surface area contributed by atoms with Crippen LogP contribution in [0.15, 0.2) is 30.3 Å². The number of carbonyl (C=O) groups excluding carboxylic acids is 2. The van der Waals surface area contributed by atoms with Crippen LogP contribution in [-0.2, 0) is 4.79 Å². The molecule has 2 heterocycles. The molecule has 3 N–H and O–H groups in total. The summed E-state index contributed by atoms with van der Waals surface area (Å²) in [6.45, 7) is 0.417. The molecule has 1 atom stereocenters. The van der Waals surface area contributed by atoms with Crippen LogP contribution >= 0.6 is 11.6 Å². The highest BCUT2D eigenvalue weighted by Crippen LogP contribution is 2.26. The molecular weight excluding hydrogens is 373 g/mol. The second kappa shape index (κ2) is 6.99. The second-order valence-electron chi connectivity index (χ2n) is 6.18. The zero-order chi connectivity index (χ0) is 19.8. The van der Waals surface area contributed by atoms with Crippen LogP contribution in [0.2, 0.25) is 5.02 Å². The minimum absolute atomic E-state index is 0.104. The Kier molecular flexibility index (Phi) is 4.87. The fourth-order valence-electron chi connectivity index (χ4n) is 2.73. The summed E-state index contributed by atoms with van der Waals surface area (Å²) in [6.07, 6.45) is 0.213. The number of aliphatic hydroxyl groups is 1. The van der Waals surface area contributed by atoms with Gasteiger partial charge in [0.25, 0.3) is 11.8 Å². The number of nitrogens with two attached hydrogens (primary N) is 1. The highest BCUT2D eigenvalue weighted by atomic mass is 35.5. The summed E-state index contributed by atoms with van der Waals surface area (Å²) in [5.74, 6) is 3.28. The van der Waals surface area contributed by atoms with Gasteiger partial charge in [-0.3, -0.25) is 9.59 Å². The number of aromatic nitrogens is 1. The lowest BCUT2D eigenvalue weighted by atomic mass is 10.0. The Morgan fingerprint density at radius 3 is 2.81 bits per heavy atom. The monoisotopic (exact) mass is 387 g/mol. The summed E-state index contributed by atoms with van der Waals surface area (Å²) < 4.78 is 14.3. The Balaban J connectivity index is 1.99. The Morgan fingerprint density at radius 2 is 2.19 bits per heavy atom. The van der Waals surface area contributed by atoms with Crippen molar-refractivity contribution in [3.8, 4) is 23.1 Å². The first kappa shape index (κ1) is 18.8.